The summed E-state index contributed by atoms with van der Waals surface area (Å²) in [6, 6.07) is 7.71. The van der Waals surface area contributed by atoms with E-state index >= 15 is 0 Å². The predicted molar refractivity (Wildman–Crippen MR) is 68.6 cm³/mol. The molecule has 0 aliphatic heterocycles. The second-order valence-corrected chi connectivity index (χ2v) is 3.95. The maximum Gasteiger partial charge on any atom is 0.257 e. The number of aromatic nitrogens is 1. The van der Waals surface area contributed by atoms with E-state index in [0.29, 0.717) is 11.3 Å². The second-order valence-electron chi connectivity index (χ2n) is 3.95. The van der Waals surface area contributed by atoms with Gasteiger partial charge in [0.2, 0.25) is 0 Å². The minimum absolute atomic E-state index is 0.0957. The Bertz CT molecular complexity index is 641. The van der Waals surface area contributed by atoms with Crippen molar-refractivity contribution in [1.29, 1.82) is 0 Å². The molecule has 19 heavy (non-hydrogen) atoms. The molecule has 0 saturated carbocycles. The molecule has 5 heteroatoms. The van der Waals surface area contributed by atoms with E-state index in [1.165, 1.54) is 13.1 Å². The standard InChI is InChI=1S/C14H11FN2O2/c1-9(18)12-4-2-3-5-13(12)17-14(19)10-6-11(15)8-16-7-10/h2-8H,1H3,(H,17,19). The fraction of sp³-hybridized carbons (Fsp3) is 0.0714. The van der Waals surface area contributed by atoms with Crippen molar-refractivity contribution in [2.75, 3.05) is 5.32 Å². The summed E-state index contributed by atoms with van der Waals surface area (Å²) in [4.78, 5) is 26.9. The molecule has 0 aliphatic carbocycles. The Balaban J connectivity index is 2.27. The molecule has 2 rings (SSSR count). The van der Waals surface area contributed by atoms with Crippen molar-refractivity contribution in [1.82, 2.24) is 4.98 Å². The largest absolute Gasteiger partial charge is 0.321 e. The van der Waals surface area contributed by atoms with Gasteiger partial charge in [0.15, 0.2) is 5.78 Å². The van der Waals surface area contributed by atoms with Crippen LogP contribution in [0.2, 0.25) is 0 Å². The Hall–Kier alpha value is -2.56. The first kappa shape index (κ1) is 12.9. The molecule has 2 aromatic rings. The van der Waals surface area contributed by atoms with Crippen LogP contribution in [0, 0.1) is 5.82 Å². The highest BCUT2D eigenvalue weighted by Gasteiger charge is 2.11. The molecule has 0 fully saturated rings. The van der Waals surface area contributed by atoms with Crippen LogP contribution in [-0.4, -0.2) is 16.7 Å². The van der Waals surface area contributed by atoms with E-state index in [2.05, 4.69) is 10.3 Å². The van der Waals surface area contributed by atoms with E-state index in [4.69, 9.17) is 0 Å². The van der Waals surface area contributed by atoms with Crippen molar-refractivity contribution in [3.63, 3.8) is 0 Å². The van der Waals surface area contributed by atoms with E-state index in [9.17, 15) is 14.0 Å². The van der Waals surface area contributed by atoms with Crippen LogP contribution in [0.25, 0.3) is 0 Å². The fourth-order valence-corrected chi connectivity index (χ4v) is 1.63. The van der Waals surface area contributed by atoms with Crippen molar-refractivity contribution >= 4 is 17.4 Å². The zero-order chi connectivity index (χ0) is 13.8. The van der Waals surface area contributed by atoms with Gasteiger partial charge in [-0.2, -0.15) is 0 Å². The van der Waals surface area contributed by atoms with Gasteiger partial charge in [-0.25, -0.2) is 4.39 Å². The van der Waals surface area contributed by atoms with Gasteiger partial charge in [-0.05, 0) is 25.1 Å². The number of hydrogen-bond acceptors (Lipinski definition) is 3. The molecule has 96 valence electrons. The number of anilines is 1. The topological polar surface area (TPSA) is 59.1 Å². The van der Waals surface area contributed by atoms with E-state index in [0.717, 1.165) is 12.3 Å². The molecule has 0 unspecified atom stereocenters. The van der Waals surface area contributed by atoms with Crippen molar-refractivity contribution in [2.24, 2.45) is 0 Å². The third-order valence-electron chi connectivity index (χ3n) is 2.52. The first-order valence-electron chi connectivity index (χ1n) is 5.60. The average Bonchev–Trinajstić information content (AvgIpc) is 2.39. The second kappa shape index (κ2) is 5.39. The number of hydrogen-bond donors (Lipinski definition) is 1. The van der Waals surface area contributed by atoms with Gasteiger partial charge in [0.25, 0.3) is 5.91 Å². The Morgan fingerprint density at radius 1 is 1.21 bits per heavy atom. The van der Waals surface area contributed by atoms with Crippen LogP contribution in [0.4, 0.5) is 10.1 Å². The molecule has 1 aromatic carbocycles. The molecule has 0 radical (unpaired) electrons. The maximum absolute atomic E-state index is 13.0. The first-order valence-corrected chi connectivity index (χ1v) is 5.60. The lowest BCUT2D eigenvalue weighted by Crippen LogP contribution is -2.14. The predicted octanol–water partition coefficient (Wildman–Crippen LogP) is 2.68. The lowest BCUT2D eigenvalue weighted by molar-refractivity contribution is 0.101. The van der Waals surface area contributed by atoms with Crippen LogP contribution in [0.1, 0.15) is 27.6 Å². The monoisotopic (exact) mass is 258 g/mol. The molecule has 0 saturated heterocycles. The summed E-state index contributed by atoms with van der Waals surface area (Å²) in [5.74, 6) is -1.26. The molecule has 4 nitrogen and oxygen atoms in total. The minimum Gasteiger partial charge on any atom is -0.321 e. The van der Waals surface area contributed by atoms with E-state index in [-0.39, 0.29) is 11.3 Å². The quantitative estimate of drug-likeness (QED) is 0.861. The van der Waals surface area contributed by atoms with Gasteiger partial charge in [-0.15, -0.1) is 0 Å². The third kappa shape index (κ3) is 3.01. The highest BCUT2D eigenvalue weighted by Crippen LogP contribution is 2.16. The Morgan fingerprint density at radius 3 is 2.63 bits per heavy atom. The molecular formula is C14H11FN2O2. The number of pyridine rings is 1. The highest BCUT2D eigenvalue weighted by molar-refractivity contribution is 6.08. The van der Waals surface area contributed by atoms with Crippen molar-refractivity contribution < 1.29 is 14.0 Å². The number of halogens is 1. The lowest BCUT2D eigenvalue weighted by atomic mass is 10.1. The number of benzene rings is 1. The van der Waals surface area contributed by atoms with Crippen LogP contribution in [0.5, 0.6) is 0 Å². The highest BCUT2D eigenvalue weighted by atomic mass is 19.1. The number of ketones is 1. The van der Waals surface area contributed by atoms with Crippen molar-refractivity contribution in [3.05, 3.63) is 59.7 Å². The molecular weight excluding hydrogens is 247 g/mol. The molecule has 0 aliphatic rings. The number of para-hydroxylation sites is 1. The summed E-state index contributed by atoms with van der Waals surface area (Å²) in [7, 11) is 0. The zero-order valence-corrected chi connectivity index (χ0v) is 10.2. The number of carbonyl (C=O) groups excluding carboxylic acids is 2. The van der Waals surface area contributed by atoms with Gasteiger partial charge in [-0.3, -0.25) is 14.6 Å². The first-order chi connectivity index (χ1) is 9.08. The third-order valence-corrected chi connectivity index (χ3v) is 2.52. The Kier molecular flexibility index (Phi) is 3.66. The summed E-state index contributed by atoms with van der Waals surface area (Å²) in [6.45, 7) is 1.41. The maximum atomic E-state index is 13.0. The van der Waals surface area contributed by atoms with Gasteiger partial charge in [0.05, 0.1) is 17.4 Å². The molecule has 1 heterocycles. The molecule has 0 atom stereocenters. The van der Waals surface area contributed by atoms with Crippen LogP contribution >= 0.6 is 0 Å². The molecule has 0 spiro atoms. The smallest absolute Gasteiger partial charge is 0.257 e. The summed E-state index contributed by atoms with van der Waals surface area (Å²) in [5.41, 5.74) is 0.892. The Labute approximate surface area is 109 Å². The molecule has 1 N–H and O–H groups in total. The van der Waals surface area contributed by atoms with Crippen molar-refractivity contribution in [3.8, 4) is 0 Å². The number of rotatable bonds is 3. The van der Waals surface area contributed by atoms with Crippen LogP contribution in [-0.2, 0) is 0 Å². The number of Topliss-reactive ketones (excluding diaryl/α,β-unsaturated/α-hetero) is 1. The van der Waals surface area contributed by atoms with Gasteiger partial charge >= 0.3 is 0 Å². The molecule has 0 bridgehead atoms. The SMILES string of the molecule is CC(=O)c1ccccc1NC(=O)c1cncc(F)c1. The molecule has 1 amide bonds. The summed E-state index contributed by atoms with van der Waals surface area (Å²) < 4.78 is 13.0. The van der Waals surface area contributed by atoms with Crippen LogP contribution < -0.4 is 5.32 Å². The lowest BCUT2D eigenvalue weighted by Gasteiger charge is -2.08. The summed E-state index contributed by atoms with van der Waals surface area (Å²) in [6.07, 6.45) is 2.27. The fourth-order valence-electron chi connectivity index (χ4n) is 1.63. The van der Waals surface area contributed by atoms with Gasteiger partial charge in [0, 0.05) is 11.8 Å². The number of amides is 1. The zero-order valence-electron chi connectivity index (χ0n) is 10.2. The van der Waals surface area contributed by atoms with E-state index < -0.39 is 11.7 Å². The van der Waals surface area contributed by atoms with Gasteiger partial charge < -0.3 is 5.32 Å². The normalized spacial score (nSPS) is 10.0. The minimum atomic E-state index is -0.590. The van der Waals surface area contributed by atoms with Gasteiger partial charge in [0.1, 0.15) is 5.82 Å². The van der Waals surface area contributed by atoms with E-state index in [1.807, 2.05) is 0 Å². The Morgan fingerprint density at radius 2 is 1.95 bits per heavy atom. The van der Waals surface area contributed by atoms with Crippen molar-refractivity contribution in [2.45, 2.75) is 6.92 Å². The number of nitrogens with zero attached hydrogens (tertiary/aromatic N) is 1. The van der Waals surface area contributed by atoms with Crippen LogP contribution in [0.3, 0.4) is 0 Å². The van der Waals surface area contributed by atoms with Crippen LogP contribution in [0.15, 0.2) is 42.7 Å². The summed E-state index contributed by atoms with van der Waals surface area (Å²) in [5, 5.41) is 2.57. The molecule has 1 aromatic heterocycles. The van der Waals surface area contributed by atoms with Gasteiger partial charge in [-0.1, -0.05) is 12.1 Å². The van der Waals surface area contributed by atoms with E-state index in [1.54, 1.807) is 24.3 Å². The number of nitrogens with one attached hydrogen (secondary N) is 1. The summed E-state index contributed by atoms with van der Waals surface area (Å²) >= 11 is 0. The number of carbonyl (C=O) groups is 2. The average molecular weight is 258 g/mol.